The predicted molar refractivity (Wildman–Crippen MR) is 106 cm³/mol. The Morgan fingerprint density at radius 3 is 2.33 bits per heavy atom. The van der Waals surface area contributed by atoms with E-state index in [4.69, 9.17) is 13.8 Å². The number of carbonyl (C=O) groups excluding carboxylic acids is 2. The van der Waals surface area contributed by atoms with Crippen molar-refractivity contribution in [3.05, 3.63) is 35.9 Å². The van der Waals surface area contributed by atoms with Crippen molar-refractivity contribution in [2.75, 3.05) is 19.8 Å². The van der Waals surface area contributed by atoms with Crippen molar-refractivity contribution in [1.29, 1.82) is 0 Å². The average Bonchev–Trinajstić information content (AvgIpc) is 2.65. The highest BCUT2D eigenvalue weighted by molar-refractivity contribution is 8.56. The number of hydrogen-bond acceptors (Lipinski definition) is 7. The van der Waals surface area contributed by atoms with Gasteiger partial charge in [-0.25, -0.2) is 4.57 Å². The van der Waals surface area contributed by atoms with Crippen LogP contribution in [0, 0.1) is 0 Å². The first-order chi connectivity index (χ1) is 12.9. The van der Waals surface area contributed by atoms with Gasteiger partial charge in [-0.2, -0.15) is 0 Å². The van der Waals surface area contributed by atoms with E-state index >= 15 is 0 Å². The molecule has 1 aliphatic rings. The molecule has 6 nitrogen and oxygen atoms in total. The molecule has 1 aromatic carbocycles. The van der Waals surface area contributed by atoms with Gasteiger partial charge in [-0.1, -0.05) is 30.3 Å². The number of hydrogen-bond donors (Lipinski definition) is 0. The SMILES string of the molecule is CCOC(=O)[C@@]1(SP(=O)(OCC)OCC)C[C@@H](c2ccccc2)CCC1=O. The molecule has 0 bridgehead atoms. The van der Waals surface area contributed by atoms with Gasteiger partial charge in [0, 0.05) is 6.42 Å². The van der Waals surface area contributed by atoms with Crippen LogP contribution in [0.4, 0.5) is 0 Å². The highest BCUT2D eigenvalue weighted by atomic mass is 32.7. The van der Waals surface area contributed by atoms with E-state index < -0.39 is 17.5 Å². The van der Waals surface area contributed by atoms with Gasteiger partial charge in [0.05, 0.1) is 19.8 Å². The fourth-order valence-electron chi connectivity index (χ4n) is 3.25. The Kier molecular flexibility index (Phi) is 8.10. The zero-order valence-corrected chi connectivity index (χ0v) is 17.7. The van der Waals surface area contributed by atoms with E-state index in [0.717, 1.165) is 5.56 Å². The van der Waals surface area contributed by atoms with Gasteiger partial charge in [-0.3, -0.25) is 9.59 Å². The average molecular weight is 414 g/mol. The summed E-state index contributed by atoms with van der Waals surface area (Å²) in [5.41, 5.74) is 1.04. The zero-order valence-electron chi connectivity index (χ0n) is 16.0. The van der Waals surface area contributed by atoms with E-state index in [1.54, 1.807) is 20.8 Å². The standard InChI is InChI=1S/C19H27O6PS/c1-4-23-18(21)19(27-26(22,24-5-2)25-6-3)14-16(12-13-17(19)20)15-10-8-7-9-11-15/h7-11,16H,4-6,12-14H2,1-3H3/t16-,19+/m0/s1. The molecule has 1 fully saturated rings. The van der Waals surface area contributed by atoms with Crippen LogP contribution in [0.15, 0.2) is 30.3 Å². The largest absolute Gasteiger partial charge is 0.465 e. The highest BCUT2D eigenvalue weighted by Gasteiger charge is 2.56. The lowest BCUT2D eigenvalue weighted by atomic mass is 9.76. The van der Waals surface area contributed by atoms with Crippen molar-refractivity contribution in [3.63, 3.8) is 0 Å². The molecule has 1 aromatic rings. The Balaban J connectivity index is 2.42. The molecule has 2 rings (SSSR count). The molecular weight excluding hydrogens is 387 g/mol. The van der Waals surface area contributed by atoms with Gasteiger partial charge >= 0.3 is 12.8 Å². The summed E-state index contributed by atoms with van der Waals surface area (Å²) in [5.74, 6) is -0.962. The van der Waals surface area contributed by atoms with E-state index in [-0.39, 0.29) is 44.4 Å². The van der Waals surface area contributed by atoms with Crippen LogP contribution in [-0.4, -0.2) is 36.3 Å². The molecule has 0 aliphatic heterocycles. The lowest BCUT2D eigenvalue weighted by Gasteiger charge is -2.38. The van der Waals surface area contributed by atoms with Gasteiger partial charge in [0.1, 0.15) is 0 Å². The van der Waals surface area contributed by atoms with Crippen molar-refractivity contribution < 1.29 is 27.9 Å². The Labute approximate surface area is 164 Å². The summed E-state index contributed by atoms with van der Waals surface area (Å²) >= 11 is 0.706. The summed E-state index contributed by atoms with van der Waals surface area (Å²) < 4.78 is 27.5. The predicted octanol–water partition coefficient (Wildman–Crippen LogP) is 4.74. The molecule has 0 amide bonds. The molecule has 150 valence electrons. The van der Waals surface area contributed by atoms with E-state index in [1.165, 1.54) is 0 Å². The Hall–Kier alpha value is -1.14. The van der Waals surface area contributed by atoms with Crippen LogP contribution in [0.25, 0.3) is 0 Å². The van der Waals surface area contributed by atoms with Crippen molar-refractivity contribution in [3.8, 4) is 0 Å². The molecule has 0 N–H and O–H groups in total. The number of ether oxygens (including phenoxy) is 1. The van der Waals surface area contributed by atoms with Gasteiger partial charge < -0.3 is 13.8 Å². The molecule has 0 aromatic heterocycles. The van der Waals surface area contributed by atoms with E-state index in [1.807, 2.05) is 30.3 Å². The summed E-state index contributed by atoms with van der Waals surface area (Å²) in [6.45, 7) is 1.82. The van der Waals surface area contributed by atoms with Gasteiger partial charge in [-0.05, 0) is 56.5 Å². The van der Waals surface area contributed by atoms with E-state index in [0.29, 0.717) is 17.8 Å². The Morgan fingerprint density at radius 2 is 1.78 bits per heavy atom. The fraction of sp³-hybridized carbons (Fsp3) is 0.579. The number of ketones is 1. The van der Waals surface area contributed by atoms with Crippen LogP contribution in [0.1, 0.15) is 51.5 Å². The van der Waals surface area contributed by atoms with Gasteiger partial charge in [-0.15, -0.1) is 0 Å². The summed E-state index contributed by atoms with van der Waals surface area (Å²) in [6.07, 6.45) is 1.06. The first-order valence-electron chi connectivity index (χ1n) is 9.26. The highest BCUT2D eigenvalue weighted by Crippen LogP contribution is 2.67. The maximum absolute atomic E-state index is 13.1. The lowest BCUT2D eigenvalue weighted by molar-refractivity contribution is -0.150. The molecule has 27 heavy (non-hydrogen) atoms. The van der Waals surface area contributed by atoms with E-state index in [9.17, 15) is 14.2 Å². The van der Waals surface area contributed by atoms with E-state index in [2.05, 4.69) is 0 Å². The van der Waals surface area contributed by atoms with Crippen LogP contribution in [0.3, 0.4) is 0 Å². The first kappa shape index (κ1) is 22.2. The summed E-state index contributed by atoms with van der Waals surface area (Å²) in [7, 11) is 0. The molecule has 1 saturated carbocycles. The molecule has 0 spiro atoms. The van der Waals surface area contributed by atoms with Crippen molar-refractivity contribution in [1.82, 2.24) is 0 Å². The van der Waals surface area contributed by atoms with Crippen molar-refractivity contribution >= 4 is 29.9 Å². The van der Waals surface area contributed by atoms with Crippen LogP contribution in [-0.2, 0) is 27.9 Å². The number of rotatable bonds is 9. The molecule has 8 heteroatoms. The maximum atomic E-state index is 13.1. The third-order valence-electron chi connectivity index (χ3n) is 4.42. The molecule has 2 atom stereocenters. The molecule has 0 saturated heterocycles. The van der Waals surface area contributed by atoms with Crippen molar-refractivity contribution in [2.24, 2.45) is 0 Å². The number of carbonyl (C=O) groups is 2. The number of benzene rings is 1. The fourth-order valence-corrected chi connectivity index (χ4v) is 7.90. The minimum Gasteiger partial charge on any atom is -0.465 e. The minimum atomic E-state index is -3.69. The Bertz CT molecular complexity index is 685. The molecule has 1 aliphatic carbocycles. The van der Waals surface area contributed by atoms with Crippen LogP contribution in [0.5, 0.6) is 0 Å². The number of esters is 1. The normalized spacial score (nSPS) is 23.2. The maximum Gasteiger partial charge on any atom is 0.390 e. The third kappa shape index (κ3) is 5.23. The molecular formula is C19H27O6PS. The summed E-state index contributed by atoms with van der Waals surface area (Å²) in [4.78, 5) is 25.8. The monoisotopic (exact) mass is 414 g/mol. The quantitative estimate of drug-likeness (QED) is 0.328. The second-order valence-electron chi connectivity index (χ2n) is 6.20. The Morgan fingerprint density at radius 1 is 1.15 bits per heavy atom. The zero-order chi connectivity index (χ0) is 19.9. The van der Waals surface area contributed by atoms with Crippen molar-refractivity contribution in [2.45, 2.75) is 50.7 Å². The molecule has 0 unspecified atom stereocenters. The van der Waals surface area contributed by atoms with Gasteiger partial charge in [0.15, 0.2) is 10.5 Å². The first-order valence-corrected chi connectivity index (χ1v) is 12.2. The van der Waals surface area contributed by atoms with Gasteiger partial charge in [0.2, 0.25) is 0 Å². The van der Waals surface area contributed by atoms with Crippen LogP contribution >= 0.6 is 18.2 Å². The number of Topliss-reactive ketones (excluding diaryl/α,β-unsaturated/α-hetero) is 1. The smallest absolute Gasteiger partial charge is 0.390 e. The molecule has 0 radical (unpaired) electrons. The third-order valence-corrected chi connectivity index (χ3v) is 8.91. The second-order valence-corrected chi connectivity index (χ2v) is 10.4. The molecule has 0 heterocycles. The van der Waals surface area contributed by atoms with Gasteiger partial charge in [0.25, 0.3) is 0 Å². The van der Waals surface area contributed by atoms with Crippen LogP contribution < -0.4 is 0 Å². The lowest BCUT2D eigenvalue weighted by Crippen LogP contribution is -2.48. The summed E-state index contributed by atoms with van der Waals surface area (Å²) in [6, 6.07) is 9.73. The van der Waals surface area contributed by atoms with Crippen LogP contribution in [0.2, 0.25) is 0 Å². The topological polar surface area (TPSA) is 78.9 Å². The summed E-state index contributed by atoms with van der Waals surface area (Å²) in [5, 5.41) is 0. The second kappa shape index (κ2) is 9.87. The minimum absolute atomic E-state index is 0.0162.